The first kappa shape index (κ1) is 15.4. The first-order valence-electron chi connectivity index (χ1n) is 6.30. The van der Waals surface area contributed by atoms with Gasteiger partial charge in [-0.2, -0.15) is 0 Å². The number of nitrogen functional groups attached to an aromatic ring is 1. The highest BCUT2D eigenvalue weighted by atomic mass is 32.2. The predicted octanol–water partition coefficient (Wildman–Crippen LogP) is 1.29. The molecule has 0 fully saturated rings. The summed E-state index contributed by atoms with van der Waals surface area (Å²) in [6.45, 7) is 0.586. The van der Waals surface area contributed by atoms with E-state index in [1.54, 1.807) is 7.11 Å². The van der Waals surface area contributed by atoms with Gasteiger partial charge in [0.25, 0.3) is 0 Å². The van der Waals surface area contributed by atoms with Crippen LogP contribution in [0.1, 0.15) is 11.1 Å². The van der Waals surface area contributed by atoms with Crippen LogP contribution < -0.4 is 10.5 Å². The largest absolute Gasteiger partial charge is 0.383 e. The van der Waals surface area contributed by atoms with Gasteiger partial charge in [0.05, 0.1) is 6.61 Å². The number of rotatable bonds is 6. The molecule has 0 aliphatic rings. The molecule has 3 N–H and O–H groups in total. The summed E-state index contributed by atoms with van der Waals surface area (Å²) in [6, 6.07) is 10.4. The first-order chi connectivity index (χ1) is 10.0. The van der Waals surface area contributed by atoms with Crippen molar-refractivity contribution in [2.75, 3.05) is 12.8 Å². The molecule has 0 unspecified atom stereocenters. The van der Waals surface area contributed by atoms with Gasteiger partial charge in [0, 0.05) is 19.9 Å². The van der Waals surface area contributed by atoms with Crippen LogP contribution in [0, 0.1) is 0 Å². The molecule has 0 aliphatic heterocycles. The molecule has 0 bridgehead atoms. The van der Waals surface area contributed by atoms with Crippen molar-refractivity contribution < 1.29 is 13.2 Å². The maximum atomic E-state index is 12.2. The molecule has 0 spiro atoms. The normalized spacial score (nSPS) is 11.5. The lowest BCUT2D eigenvalue weighted by Crippen LogP contribution is -2.25. The maximum Gasteiger partial charge on any atom is 0.244 e. The van der Waals surface area contributed by atoms with Crippen LogP contribution >= 0.6 is 0 Å². The monoisotopic (exact) mass is 307 g/mol. The number of pyridine rings is 1. The molecule has 2 aromatic rings. The number of anilines is 1. The Morgan fingerprint density at radius 1 is 1.19 bits per heavy atom. The summed E-state index contributed by atoms with van der Waals surface area (Å²) in [5.41, 5.74) is 7.39. The van der Waals surface area contributed by atoms with Gasteiger partial charge in [0.2, 0.25) is 10.0 Å². The lowest BCUT2D eigenvalue weighted by molar-refractivity contribution is 0.184. The van der Waals surface area contributed by atoms with E-state index in [0.717, 1.165) is 11.1 Å². The summed E-state index contributed by atoms with van der Waals surface area (Å²) in [7, 11) is -2.10. The average molecular weight is 307 g/mol. The van der Waals surface area contributed by atoms with Crippen LogP contribution in [0.3, 0.4) is 0 Å². The highest BCUT2D eigenvalue weighted by Crippen LogP contribution is 2.16. The quantitative estimate of drug-likeness (QED) is 0.838. The molecule has 0 aliphatic carbocycles. The Bertz CT molecular complexity index is 717. The van der Waals surface area contributed by atoms with Gasteiger partial charge < -0.3 is 10.5 Å². The first-order valence-corrected chi connectivity index (χ1v) is 7.79. The summed E-state index contributed by atoms with van der Waals surface area (Å²) in [5.74, 6) is -0.0184. The summed E-state index contributed by atoms with van der Waals surface area (Å²) in [6.07, 6.45) is 1.45. The van der Waals surface area contributed by atoms with Crippen molar-refractivity contribution in [3.63, 3.8) is 0 Å². The smallest absolute Gasteiger partial charge is 0.244 e. The minimum absolute atomic E-state index is 0.0184. The van der Waals surface area contributed by atoms with Crippen LogP contribution in [0.15, 0.2) is 47.5 Å². The standard InChI is InChI=1S/C14H17N3O3S/c1-20-10-12-6-3-2-5-11(12)9-17-21(18,19)13-7-4-8-16-14(13)15/h2-8,17H,9-10H2,1H3,(H2,15,16). The van der Waals surface area contributed by atoms with Crippen molar-refractivity contribution in [2.45, 2.75) is 18.0 Å². The molecule has 6 nitrogen and oxygen atoms in total. The van der Waals surface area contributed by atoms with E-state index in [-0.39, 0.29) is 17.3 Å². The number of methoxy groups -OCH3 is 1. The van der Waals surface area contributed by atoms with E-state index in [1.807, 2.05) is 24.3 Å². The van der Waals surface area contributed by atoms with E-state index in [0.29, 0.717) is 6.61 Å². The van der Waals surface area contributed by atoms with Gasteiger partial charge in [-0.25, -0.2) is 18.1 Å². The molecule has 0 atom stereocenters. The Balaban J connectivity index is 2.18. The number of nitrogens with one attached hydrogen (secondary N) is 1. The minimum atomic E-state index is -3.70. The van der Waals surface area contributed by atoms with Gasteiger partial charge >= 0.3 is 0 Å². The highest BCUT2D eigenvalue weighted by Gasteiger charge is 2.17. The van der Waals surface area contributed by atoms with Crippen molar-refractivity contribution >= 4 is 15.8 Å². The zero-order valence-corrected chi connectivity index (χ0v) is 12.4. The summed E-state index contributed by atoms with van der Waals surface area (Å²) >= 11 is 0. The maximum absolute atomic E-state index is 12.2. The van der Waals surface area contributed by atoms with Gasteiger partial charge in [0.15, 0.2) is 0 Å². The molecule has 0 radical (unpaired) electrons. The van der Waals surface area contributed by atoms with Crippen LogP contribution in [-0.4, -0.2) is 20.5 Å². The second kappa shape index (κ2) is 6.66. The summed E-state index contributed by atoms with van der Waals surface area (Å²) in [5, 5.41) is 0. The minimum Gasteiger partial charge on any atom is -0.383 e. The molecule has 1 heterocycles. The summed E-state index contributed by atoms with van der Waals surface area (Å²) < 4.78 is 32.1. The molecule has 1 aromatic heterocycles. The van der Waals surface area contributed by atoms with E-state index in [9.17, 15) is 8.42 Å². The predicted molar refractivity (Wildman–Crippen MR) is 79.8 cm³/mol. The van der Waals surface area contributed by atoms with Crippen LogP contribution in [0.4, 0.5) is 5.82 Å². The zero-order chi connectivity index (χ0) is 15.3. The Hall–Kier alpha value is -1.96. The Kier molecular flexibility index (Phi) is 4.89. The number of hydrogen-bond acceptors (Lipinski definition) is 5. The third kappa shape index (κ3) is 3.78. The summed E-state index contributed by atoms with van der Waals surface area (Å²) in [4.78, 5) is 3.77. The molecule has 2 rings (SSSR count). The van der Waals surface area contributed by atoms with Crippen molar-refractivity contribution in [3.05, 3.63) is 53.7 Å². The van der Waals surface area contributed by atoms with Crippen LogP contribution in [0.25, 0.3) is 0 Å². The fourth-order valence-corrected chi connectivity index (χ4v) is 2.99. The van der Waals surface area contributed by atoms with E-state index in [4.69, 9.17) is 10.5 Å². The Morgan fingerprint density at radius 3 is 2.57 bits per heavy atom. The molecular weight excluding hydrogens is 290 g/mol. The van der Waals surface area contributed by atoms with Crippen molar-refractivity contribution in [1.82, 2.24) is 9.71 Å². The fraction of sp³-hybridized carbons (Fsp3) is 0.214. The van der Waals surface area contributed by atoms with Crippen molar-refractivity contribution in [1.29, 1.82) is 0 Å². The molecule has 7 heteroatoms. The molecule has 0 saturated heterocycles. The van der Waals surface area contributed by atoms with E-state index < -0.39 is 10.0 Å². The lowest BCUT2D eigenvalue weighted by atomic mass is 10.1. The Morgan fingerprint density at radius 2 is 1.90 bits per heavy atom. The molecule has 21 heavy (non-hydrogen) atoms. The number of aromatic nitrogens is 1. The highest BCUT2D eigenvalue weighted by molar-refractivity contribution is 7.89. The van der Waals surface area contributed by atoms with Gasteiger partial charge in [-0.1, -0.05) is 24.3 Å². The molecule has 0 saturated carbocycles. The van der Waals surface area contributed by atoms with Gasteiger partial charge in [0.1, 0.15) is 10.7 Å². The van der Waals surface area contributed by atoms with Crippen molar-refractivity contribution in [2.24, 2.45) is 0 Å². The fourth-order valence-electron chi connectivity index (χ4n) is 1.91. The second-order valence-electron chi connectivity index (χ2n) is 4.41. The zero-order valence-electron chi connectivity index (χ0n) is 11.6. The average Bonchev–Trinajstić information content (AvgIpc) is 2.47. The second-order valence-corrected chi connectivity index (χ2v) is 6.15. The van der Waals surface area contributed by atoms with Gasteiger partial charge in [-0.05, 0) is 23.3 Å². The third-order valence-corrected chi connectivity index (χ3v) is 4.41. The van der Waals surface area contributed by atoms with Gasteiger partial charge in [-0.15, -0.1) is 0 Å². The molecule has 1 aromatic carbocycles. The topological polar surface area (TPSA) is 94.3 Å². The number of benzene rings is 1. The lowest BCUT2D eigenvalue weighted by Gasteiger charge is -2.11. The third-order valence-electron chi connectivity index (χ3n) is 2.96. The molecule has 112 valence electrons. The molecular formula is C14H17N3O3S. The number of sulfonamides is 1. The SMILES string of the molecule is COCc1ccccc1CNS(=O)(=O)c1cccnc1N. The number of hydrogen-bond donors (Lipinski definition) is 2. The molecule has 0 amide bonds. The van der Waals surface area contributed by atoms with E-state index >= 15 is 0 Å². The number of nitrogens with two attached hydrogens (primary N) is 1. The van der Waals surface area contributed by atoms with Crippen LogP contribution in [0.2, 0.25) is 0 Å². The van der Waals surface area contributed by atoms with Crippen LogP contribution in [0.5, 0.6) is 0 Å². The van der Waals surface area contributed by atoms with Crippen molar-refractivity contribution in [3.8, 4) is 0 Å². The Labute approximate surface area is 124 Å². The van der Waals surface area contributed by atoms with Gasteiger partial charge in [-0.3, -0.25) is 0 Å². The number of ether oxygens (including phenoxy) is 1. The van der Waals surface area contributed by atoms with E-state index in [2.05, 4.69) is 9.71 Å². The number of nitrogens with zero attached hydrogens (tertiary/aromatic N) is 1. The van der Waals surface area contributed by atoms with Crippen LogP contribution in [-0.2, 0) is 27.9 Å². The van der Waals surface area contributed by atoms with E-state index in [1.165, 1.54) is 18.3 Å².